The second-order valence-corrected chi connectivity index (χ2v) is 5.63. The van der Waals surface area contributed by atoms with Gasteiger partial charge in [0.2, 0.25) is 0 Å². The van der Waals surface area contributed by atoms with Crippen molar-refractivity contribution in [1.29, 1.82) is 0 Å². The predicted molar refractivity (Wildman–Crippen MR) is 78.6 cm³/mol. The number of benzene rings is 1. The van der Waals surface area contributed by atoms with Crippen LogP contribution in [0, 0.1) is 6.92 Å². The third-order valence-electron chi connectivity index (χ3n) is 3.07. The lowest BCUT2D eigenvalue weighted by atomic mass is 10.0. The summed E-state index contributed by atoms with van der Waals surface area (Å²) in [6.07, 6.45) is 0. The van der Waals surface area contributed by atoms with Gasteiger partial charge in [0.05, 0.1) is 10.5 Å². The Bertz CT molecular complexity index is 546. The van der Waals surface area contributed by atoms with Crippen molar-refractivity contribution < 1.29 is 9.59 Å². The second-order valence-electron chi connectivity index (χ2n) is 4.36. The molecule has 0 aromatic heterocycles. The van der Waals surface area contributed by atoms with E-state index >= 15 is 0 Å². The molecule has 0 aliphatic carbocycles. The third kappa shape index (κ3) is 2.45. The van der Waals surface area contributed by atoms with Crippen molar-refractivity contribution >= 4 is 29.1 Å². The minimum Gasteiger partial charge on any atom is -0.274 e. The molecule has 0 radical (unpaired) electrons. The van der Waals surface area contributed by atoms with Crippen LogP contribution in [0.1, 0.15) is 25.0 Å². The van der Waals surface area contributed by atoms with E-state index in [1.807, 2.05) is 45.0 Å². The van der Waals surface area contributed by atoms with Crippen LogP contribution >= 0.6 is 11.8 Å². The molecular formula is C15H17NO2S. The molecule has 1 aromatic rings. The molecule has 0 spiro atoms. The van der Waals surface area contributed by atoms with E-state index in [9.17, 15) is 9.59 Å². The standard InChI is InChI=1S/C15H17NO2S/c1-4-16-14(17)12(13(15(16)18)19-5-2)11-8-6-10(3)7-9-11/h6-9H,4-5H2,1-3H3. The van der Waals surface area contributed by atoms with Gasteiger partial charge in [-0.1, -0.05) is 36.8 Å². The number of carbonyl (C=O) groups is 2. The van der Waals surface area contributed by atoms with Crippen molar-refractivity contribution in [3.05, 3.63) is 40.3 Å². The SMILES string of the molecule is CCSC1=C(c2ccc(C)cc2)C(=O)N(CC)C1=O. The minimum atomic E-state index is -0.174. The highest BCUT2D eigenvalue weighted by Crippen LogP contribution is 2.35. The van der Waals surface area contributed by atoms with Crippen LogP contribution in [0.5, 0.6) is 0 Å². The van der Waals surface area contributed by atoms with Gasteiger partial charge in [0, 0.05) is 6.54 Å². The van der Waals surface area contributed by atoms with Crippen LogP contribution in [-0.4, -0.2) is 29.0 Å². The lowest BCUT2D eigenvalue weighted by Crippen LogP contribution is -2.31. The van der Waals surface area contributed by atoms with Crippen LogP contribution in [0.2, 0.25) is 0 Å². The number of likely N-dealkylation sites (N-methyl/N-ethyl adjacent to an activating group) is 1. The molecule has 3 nitrogen and oxygen atoms in total. The Labute approximate surface area is 117 Å². The summed E-state index contributed by atoms with van der Waals surface area (Å²) in [7, 11) is 0. The summed E-state index contributed by atoms with van der Waals surface area (Å²) in [5, 5.41) is 0. The molecule has 4 heteroatoms. The Kier molecular flexibility index (Phi) is 4.10. The van der Waals surface area contributed by atoms with Gasteiger partial charge in [0.1, 0.15) is 0 Å². The lowest BCUT2D eigenvalue weighted by Gasteiger charge is -2.11. The van der Waals surface area contributed by atoms with Gasteiger partial charge in [-0.15, -0.1) is 11.8 Å². The second kappa shape index (κ2) is 5.61. The first-order chi connectivity index (χ1) is 9.10. The van der Waals surface area contributed by atoms with Gasteiger partial charge in [0.25, 0.3) is 11.8 Å². The topological polar surface area (TPSA) is 37.4 Å². The van der Waals surface area contributed by atoms with Crippen LogP contribution in [-0.2, 0) is 9.59 Å². The summed E-state index contributed by atoms with van der Waals surface area (Å²) in [4.78, 5) is 26.5. The molecule has 1 aliphatic rings. The van der Waals surface area contributed by atoms with Crippen LogP contribution in [0.3, 0.4) is 0 Å². The Morgan fingerprint density at radius 3 is 2.21 bits per heavy atom. The molecule has 2 amide bonds. The molecule has 0 saturated heterocycles. The first kappa shape index (κ1) is 13.9. The smallest absolute Gasteiger partial charge is 0.267 e. The highest BCUT2D eigenvalue weighted by molar-refractivity contribution is 8.04. The molecule has 1 aliphatic heterocycles. The summed E-state index contributed by atoms with van der Waals surface area (Å²) in [5.74, 6) is 0.448. The molecule has 0 bridgehead atoms. The highest BCUT2D eigenvalue weighted by atomic mass is 32.2. The quantitative estimate of drug-likeness (QED) is 0.793. The van der Waals surface area contributed by atoms with Gasteiger partial charge in [-0.25, -0.2) is 0 Å². The van der Waals surface area contributed by atoms with E-state index < -0.39 is 0 Å². The van der Waals surface area contributed by atoms with Gasteiger partial charge < -0.3 is 0 Å². The van der Waals surface area contributed by atoms with Crippen LogP contribution < -0.4 is 0 Å². The van der Waals surface area contributed by atoms with E-state index in [0.717, 1.165) is 16.9 Å². The first-order valence-electron chi connectivity index (χ1n) is 6.40. The molecule has 0 atom stereocenters. The van der Waals surface area contributed by atoms with Crippen LogP contribution in [0.4, 0.5) is 0 Å². The van der Waals surface area contributed by atoms with Crippen molar-refractivity contribution in [1.82, 2.24) is 4.90 Å². The Balaban J connectivity index is 2.51. The van der Waals surface area contributed by atoms with Gasteiger partial charge in [-0.05, 0) is 25.2 Å². The summed E-state index contributed by atoms with van der Waals surface area (Å²) < 4.78 is 0. The zero-order chi connectivity index (χ0) is 14.0. The van der Waals surface area contributed by atoms with Crippen molar-refractivity contribution in [3.63, 3.8) is 0 Å². The fraction of sp³-hybridized carbons (Fsp3) is 0.333. The van der Waals surface area contributed by atoms with Gasteiger partial charge in [0.15, 0.2) is 0 Å². The van der Waals surface area contributed by atoms with Crippen molar-refractivity contribution in [2.24, 2.45) is 0 Å². The number of thioether (sulfide) groups is 1. The Hall–Kier alpha value is -1.55. The average molecular weight is 275 g/mol. The molecule has 19 heavy (non-hydrogen) atoms. The zero-order valence-corrected chi connectivity index (χ0v) is 12.2. The number of aryl methyl sites for hydroxylation is 1. The van der Waals surface area contributed by atoms with E-state index in [1.165, 1.54) is 16.7 Å². The number of imide groups is 1. The number of amides is 2. The summed E-state index contributed by atoms with van der Waals surface area (Å²) >= 11 is 1.44. The molecule has 0 unspecified atom stereocenters. The van der Waals surface area contributed by atoms with Crippen LogP contribution in [0.15, 0.2) is 29.2 Å². The molecule has 0 fully saturated rings. The molecule has 1 heterocycles. The largest absolute Gasteiger partial charge is 0.274 e. The fourth-order valence-electron chi connectivity index (χ4n) is 2.09. The molecule has 0 N–H and O–H groups in total. The van der Waals surface area contributed by atoms with Crippen molar-refractivity contribution in [3.8, 4) is 0 Å². The van der Waals surface area contributed by atoms with Crippen LogP contribution in [0.25, 0.3) is 5.57 Å². The van der Waals surface area contributed by atoms with Crippen molar-refractivity contribution in [2.45, 2.75) is 20.8 Å². The number of hydrogen-bond donors (Lipinski definition) is 0. The monoisotopic (exact) mass is 275 g/mol. The predicted octanol–water partition coefficient (Wildman–Crippen LogP) is 2.85. The molecule has 100 valence electrons. The molecule has 1 aromatic carbocycles. The molecule has 2 rings (SSSR count). The number of rotatable bonds is 4. The van der Waals surface area contributed by atoms with Gasteiger partial charge >= 0.3 is 0 Å². The van der Waals surface area contributed by atoms with Gasteiger partial charge in [-0.2, -0.15) is 0 Å². The minimum absolute atomic E-state index is 0.157. The van der Waals surface area contributed by atoms with E-state index in [0.29, 0.717) is 17.0 Å². The third-order valence-corrected chi connectivity index (χ3v) is 4.03. The van der Waals surface area contributed by atoms with Crippen molar-refractivity contribution in [2.75, 3.05) is 12.3 Å². The average Bonchev–Trinajstić information content (AvgIpc) is 2.63. The summed E-state index contributed by atoms with van der Waals surface area (Å²) in [6.45, 7) is 6.22. The summed E-state index contributed by atoms with van der Waals surface area (Å²) in [5.41, 5.74) is 2.52. The van der Waals surface area contributed by atoms with E-state index in [2.05, 4.69) is 0 Å². The molecule has 0 saturated carbocycles. The normalized spacial score (nSPS) is 15.6. The Morgan fingerprint density at radius 1 is 1.05 bits per heavy atom. The zero-order valence-electron chi connectivity index (χ0n) is 11.4. The Morgan fingerprint density at radius 2 is 1.68 bits per heavy atom. The number of nitrogens with zero attached hydrogens (tertiary/aromatic N) is 1. The number of carbonyl (C=O) groups excluding carboxylic acids is 2. The van der Waals surface area contributed by atoms with E-state index in [-0.39, 0.29) is 11.8 Å². The maximum atomic E-state index is 12.4. The summed E-state index contributed by atoms with van der Waals surface area (Å²) in [6, 6.07) is 7.74. The van der Waals surface area contributed by atoms with E-state index in [1.54, 1.807) is 0 Å². The maximum absolute atomic E-state index is 12.4. The highest BCUT2D eigenvalue weighted by Gasteiger charge is 2.37. The lowest BCUT2D eigenvalue weighted by molar-refractivity contribution is -0.136. The first-order valence-corrected chi connectivity index (χ1v) is 7.39. The molecular weight excluding hydrogens is 258 g/mol. The van der Waals surface area contributed by atoms with E-state index in [4.69, 9.17) is 0 Å². The maximum Gasteiger partial charge on any atom is 0.267 e. The number of hydrogen-bond acceptors (Lipinski definition) is 3. The van der Waals surface area contributed by atoms with Gasteiger partial charge in [-0.3, -0.25) is 14.5 Å². The fourth-order valence-corrected chi connectivity index (χ4v) is 2.97.